The monoisotopic (exact) mass is 759 g/mol. The average molecular weight is 760 g/mol. The summed E-state index contributed by atoms with van der Waals surface area (Å²) in [4.78, 5) is 5.62. The third-order valence-electron chi connectivity index (χ3n) is 12.1. The second-order valence-corrected chi connectivity index (χ2v) is 15.6. The number of amidine groups is 1. The van der Waals surface area contributed by atoms with Crippen LogP contribution >= 0.6 is 0 Å². The van der Waals surface area contributed by atoms with Crippen molar-refractivity contribution in [3.05, 3.63) is 204 Å². The van der Waals surface area contributed by atoms with Crippen LogP contribution in [-0.4, -0.2) is 10.4 Å². The first kappa shape index (κ1) is 33.5. The van der Waals surface area contributed by atoms with Gasteiger partial charge in [0.25, 0.3) is 0 Å². The van der Waals surface area contributed by atoms with E-state index in [0.29, 0.717) is 0 Å². The molecule has 0 spiro atoms. The van der Waals surface area contributed by atoms with Crippen molar-refractivity contribution >= 4 is 77.2 Å². The molecule has 4 heterocycles. The summed E-state index contributed by atoms with van der Waals surface area (Å²) < 4.78 is 15.3. The highest BCUT2D eigenvalue weighted by Gasteiger charge is 2.26. The van der Waals surface area contributed by atoms with Gasteiger partial charge < -0.3 is 18.7 Å². The number of aromatic nitrogens is 1. The van der Waals surface area contributed by atoms with Gasteiger partial charge >= 0.3 is 0 Å². The molecule has 8 aromatic carbocycles. The van der Waals surface area contributed by atoms with E-state index in [2.05, 4.69) is 187 Å². The lowest BCUT2D eigenvalue weighted by atomic mass is 9.95. The van der Waals surface area contributed by atoms with Crippen molar-refractivity contribution < 1.29 is 8.83 Å². The highest BCUT2D eigenvalue weighted by atomic mass is 16.3. The molecule has 0 amide bonds. The fourth-order valence-corrected chi connectivity index (χ4v) is 9.36. The molecular weight excluding hydrogens is 723 g/mol. The van der Waals surface area contributed by atoms with Gasteiger partial charge in [0.2, 0.25) is 0 Å². The van der Waals surface area contributed by atoms with E-state index in [-0.39, 0.29) is 6.04 Å². The van der Waals surface area contributed by atoms with Gasteiger partial charge in [-0.15, -0.1) is 0 Å². The Hall–Kier alpha value is -7.63. The van der Waals surface area contributed by atoms with Crippen molar-refractivity contribution in [3.8, 4) is 16.8 Å². The molecule has 0 radical (unpaired) electrons. The second-order valence-electron chi connectivity index (χ2n) is 15.6. The van der Waals surface area contributed by atoms with Crippen molar-refractivity contribution in [2.24, 2.45) is 4.99 Å². The number of fused-ring (bicyclic) bond motifs is 9. The van der Waals surface area contributed by atoms with Crippen LogP contribution in [0, 0.1) is 0 Å². The molecule has 1 aliphatic heterocycles. The molecule has 1 aliphatic rings. The van der Waals surface area contributed by atoms with E-state index in [1.807, 2.05) is 12.1 Å². The largest absolute Gasteiger partial charge is 0.456 e. The molecule has 1 atom stereocenters. The van der Waals surface area contributed by atoms with Gasteiger partial charge in [-0.2, -0.15) is 0 Å². The molecule has 0 saturated heterocycles. The molecule has 11 aromatic rings. The Kier molecular flexibility index (Phi) is 7.51. The van der Waals surface area contributed by atoms with Crippen LogP contribution in [0.25, 0.3) is 88.2 Å². The van der Waals surface area contributed by atoms with Gasteiger partial charge in [0.05, 0.1) is 22.8 Å². The van der Waals surface area contributed by atoms with Crippen molar-refractivity contribution in [1.82, 2.24) is 9.88 Å². The lowest BCUT2D eigenvalue weighted by molar-refractivity contribution is 0.646. The van der Waals surface area contributed by atoms with E-state index in [0.717, 1.165) is 89.8 Å². The topological polar surface area (TPSA) is 55.6 Å². The number of benzene rings is 8. The van der Waals surface area contributed by atoms with Crippen LogP contribution < -0.4 is 5.32 Å². The van der Waals surface area contributed by atoms with Crippen molar-refractivity contribution in [3.63, 3.8) is 0 Å². The zero-order valence-corrected chi connectivity index (χ0v) is 32.3. The van der Waals surface area contributed by atoms with Gasteiger partial charge in [0.1, 0.15) is 28.2 Å². The molecule has 0 fully saturated rings. The van der Waals surface area contributed by atoms with Crippen molar-refractivity contribution in [2.75, 3.05) is 0 Å². The third-order valence-corrected chi connectivity index (χ3v) is 12.1. The molecule has 0 bridgehead atoms. The van der Waals surface area contributed by atoms with Crippen LogP contribution in [0.2, 0.25) is 0 Å². The number of hydrogen-bond donors (Lipinski definition) is 1. The van der Waals surface area contributed by atoms with E-state index in [1.165, 1.54) is 32.9 Å². The third kappa shape index (κ3) is 5.35. The maximum Gasteiger partial charge on any atom is 0.136 e. The Bertz CT molecular complexity index is 3510. The predicted molar refractivity (Wildman–Crippen MR) is 243 cm³/mol. The number of furan rings is 2. The van der Waals surface area contributed by atoms with Gasteiger partial charge in [-0.1, -0.05) is 121 Å². The summed E-state index contributed by atoms with van der Waals surface area (Å²) in [5.41, 5.74) is 14.6. The first-order valence-corrected chi connectivity index (χ1v) is 20.2. The SMILES string of the molecule is CC1=C(c2cccc3oc4ccccc4c23)N=C(c2cccc3oc4ccc(-c5ccc6c(c5)c5ccccc5n6-c5ccccc5)cc4c23)NC(c2ccccc2)C1. The fourth-order valence-electron chi connectivity index (χ4n) is 9.36. The minimum atomic E-state index is 0.00136. The Morgan fingerprint density at radius 3 is 1.90 bits per heavy atom. The molecule has 0 saturated carbocycles. The molecule has 59 heavy (non-hydrogen) atoms. The maximum atomic E-state index is 6.62. The second kappa shape index (κ2) is 13.2. The zero-order chi connectivity index (χ0) is 39.0. The van der Waals surface area contributed by atoms with Crippen molar-refractivity contribution in [1.29, 1.82) is 0 Å². The van der Waals surface area contributed by atoms with Crippen molar-refractivity contribution in [2.45, 2.75) is 19.4 Å². The first-order valence-electron chi connectivity index (χ1n) is 20.2. The predicted octanol–water partition coefficient (Wildman–Crippen LogP) is 14.2. The average Bonchev–Trinajstić information content (AvgIpc) is 3.93. The highest BCUT2D eigenvalue weighted by molar-refractivity contribution is 6.20. The maximum absolute atomic E-state index is 6.62. The summed E-state index contributed by atoms with van der Waals surface area (Å²) in [6, 6.07) is 64.3. The van der Waals surface area contributed by atoms with E-state index in [1.54, 1.807) is 0 Å². The summed E-state index contributed by atoms with van der Waals surface area (Å²) in [6.45, 7) is 2.22. The summed E-state index contributed by atoms with van der Waals surface area (Å²) in [5.74, 6) is 0.810. The lowest BCUT2D eigenvalue weighted by Crippen LogP contribution is -2.28. The molecule has 5 nitrogen and oxygen atoms in total. The van der Waals surface area contributed by atoms with Crippen LogP contribution in [0.4, 0.5) is 0 Å². The normalized spacial score (nSPS) is 14.8. The fraction of sp³-hybridized carbons (Fsp3) is 0.0556. The van der Waals surface area contributed by atoms with E-state index in [9.17, 15) is 0 Å². The van der Waals surface area contributed by atoms with E-state index < -0.39 is 0 Å². The summed E-state index contributed by atoms with van der Waals surface area (Å²) in [5, 5.41) is 10.7. The molecular formula is C54H37N3O2. The zero-order valence-electron chi connectivity index (χ0n) is 32.3. The first-order chi connectivity index (χ1) is 29.2. The van der Waals surface area contributed by atoms with Crippen LogP contribution in [0.3, 0.4) is 0 Å². The minimum Gasteiger partial charge on any atom is -0.456 e. The summed E-state index contributed by atoms with van der Waals surface area (Å²) in [6.07, 6.45) is 0.786. The van der Waals surface area contributed by atoms with Gasteiger partial charge in [0.15, 0.2) is 0 Å². The Balaban J connectivity index is 1.05. The van der Waals surface area contributed by atoms with Gasteiger partial charge in [-0.3, -0.25) is 0 Å². The number of para-hydroxylation sites is 3. The summed E-state index contributed by atoms with van der Waals surface area (Å²) >= 11 is 0. The molecule has 1 unspecified atom stereocenters. The molecule has 0 aliphatic carbocycles. The van der Waals surface area contributed by atoms with E-state index >= 15 is 0 Å². The van der Waals surface area contributed by atoms with Crippen LogP contribution in [-0.2, 0) is 0 Å². The minimum absolute atomic E-state index is 0.00136. The Morgan fingerprint density at radius 2 is 1.10 bits per heavy atom. The lowest BCUT2D eigenvalue weighted by Gasteiger charge is -2.20. The van der Waals surface area contributed by atoms with Crippen LogP contribution in [0.5, 0.6) is 0 Å². The molecule has 1 N–H and O–H groups in total. The van der Waals surface area contributed by atoms with Gasteiger partial charge in [-0.05, 0) is 96.3 Å². The standard InChI is InChI=1S/C54H37N3O2/c1-33-30-44(34-14-4-2-5-15-34)55-54(56-53(33)40-20-12-24-49-51(40)39-19-9-11-23-47(39)58-49)41-21-13-25-50-52(41)43-32-36(27-29-48(43)59-50)35-26-28-46-42(31-35)38-18-8-10-22-45(38)57(46)37-16-6-3-7-17-37/h2-29,31-32,44H,30H2,1H3,(H,55,56). The number of hydrogen-bond acceptors (Lipinski definition) is 4. The molecule has 5 heteroatoms. The molecule has 3 aromatic heterocycles. The Morgan fingerprint density at radius 1 is 0.508 bits per heavy atom. The quantitative estimate of drug-likeness (QED) is 0.190. The highest BCUT2D eigenvalue weighted by Crippen LogP contribution is 2.41. The van der Waals surface area contributed by atoms with Gasteiger partial charge in [-0.25, -0.2) is 4.99 Å². The number of aliphatic imine (C=N–C) groups is 1. The molecule has 280 valence electrons. The summed E-state index contributed by atoms with van der Waals surface area (Å²) in [7, 11) is 0. The van der Waals surface area contributed by atoms with E-state index in [4.69, 9.17) is 13.8 Å². The Labute approximate surface area is 340 Å². The van der Waals surface area contributed by atoms with Gasteiger partial charge in [0, 0.05) is 49.1 Å². The smallest absolute Gasteiger partial charge is 0.136 e. The number of nitrogens with one attached hydrogen (secondary N) is 1. The number of rotatable bonds is 5. The number of nitrogens with zero attached hydrogens (tertiary/aromatic N) is 2. The van der Waals surface area contributed by atoms with Crippen LogP contribution in [0.15, 0.2) is 201 Å². The molecule has 12 rings (SSSR count). The van der Waals surface area contributed by atoms with Crippen LogP contribution in [0.1, 0.15) is 36.1 Å².